The molecule has 0 saturated carbocycles. The first kappa shape index (κ1) is 15.4. The first-order valence-corrected chi connectivity index (χ1v) is 9.21. The number of nitrogens with two attached hydrogens (primary N) is 1. The summed E-state index contributed by atoms with van der Waals surface area (Å²) in [4.78, 5) is -0.450. The van der Waals surface area contributed by atoms with Gasteiger partial charge in [-0.3, -0.25) is 0 Å². The molecular formula is C11H15FN2O4S2. The summed E-state index contributed by atoms with van der Waals surface area (Å²) in [5.74, 6) is -1.36. The van der Waals surface area contributed by atoms with Crippen molar-refractivity contribution in [3.8, 4) is 0 Å². The van der Waals surface area contributed by atoms with Gasteiger partial charge in [0.1, 0.15) is 10.7 Å². The van der Waals surface area contributed by atoms with Crippen LogP contribution in [0.1, 0.15) is 5.56 Å². The van der Waals surface area contributed by atoms with E-state index < -0.39 is 30.6 Å². The van der Waals surface area contributed by atoms with Gasteiger partial charge in [0.25, 0.3) is 0 Å². The van der Waals surface area contributed by atoms with Crippen molar-refractivity contribution in [2.45, 2.75) is 11.4 Å². The van der Waals surface area contributed by atoms with Crippen molar-refractivity contribution in [2.75, 3.05) is 24.6 Å². The molecule has 1 fully saturated rings. The quantitative estimate of drug-likeness (QED) is 0.824. The second kappa shape index (κ2) is 5.40. The Morgan fingerprint density at radius 2 is 1.85 bits per heavy atom. The SMILES string of the molecule is NCc1ccc(S(=O)(=O)N2CCS(=O)(=O)CC2)c(F)c1. The zero-order chi connectivity index (χ0) is 15.0. The van der Waals surface area contributed by atoms with E-state index in [0.29, 0.717) is 5.56 Å². The van der Waals surface area contributed by atoms with Crippen molar-refractivity contribution in [1.29, 1.82) is 0 Å². The van der Waals surface area contributed by atoms with Crippen LogP contribution >= 0.6 is 0 Å². The number of nitrogens with zero attached hydrogens (tertiary/aromatic N) is 1. The maximum Gasteiger partial charge on any atom is 0.246 e. The number of hydrogen-bond donors (Lipinski definition) is 1. The van der Waals surface area contributed by atoms with Crippen LogP contribution in [0.4, 0.5) is 4.39 Å². The Labute approximate surface area is 117 Å². The summed E-state index contributed by atoms with van der Waals surface area (Å²) >= 11 is 0. The standard InChI is InChI=1S/C11H15FN2O4S2/c12-10-7-9(8-13)1-2-11(10)20(17,18)14-3-5-19(15,16)6-4-14/h1-2,7H,3-6,8,13H2. The average Bonchev–Trinajstić information content (AvgIpc) is 2.37. The summed E-state index contributed by atoms with van der Waals surface area (Å²) in [6.45, 7) is -0.190. The van der Waals surface area contributed by atoms with Gasteiger partial charge in [0, 0.05) is 19.6 Å². The minimum absolute atomic E-state index is 0.110. The lowest BCUT2D eigenvalue weighted by Crippen LogP contribution is -2.43. The van der Waals surface area contributed by atoms with Gasteiger partial charge in [0.2, 0.25) is 10.0 Å². The summed E-state index contributed by atoms with van der Waals surface area (Å²) in [5, 5.41) is 0. The Morgan fingerprint density at radius 1 is 1.25 bits per heavy atom. The molecule has 2 N–H and O–H groups in total. The van der Waals surface area contributed by atoms with Crippen LogP contribution in [0.2, 0.25) is 0 Å². The topological polar surface area (TPSA) is 97.5 Å². The van der Waals surface area contributed by atoms with E-state index in [4.69, 9.17) is 5.73 Å². The predicted molar refractivity (Wildman–Crippen MR) is 71.7 cm³/mol. The number of rotatable bonds is 3. The fraction of sp³-hybridized carbons (Fsp3) is 0.455. The molecule has 0 atom stereocenters. The molecule has 1 heterocycles. The largest absolute Gasteiger partial charge is 0.326 e. The van der Waals surface area contributed by atoms with Gasteiger partial charge in [0.15, 0.2) is 9.84 Å². The lowest BCUT2D eigenvalue weighted by atomic mass is 10.2. The molecule has 6 nitrogen and oxygen atoms in total. The van der Waals surface area contributed by atoms with Gasteiger partial charge in [-0.05, 0) is 17.7 Å². The van der Waals surface area contributed by atoms with Gasteiger partial charge in [-0.15, -0.1) is 0 Å². The van der Waals surface area contributed by atoms with Crippen molar-refractivity contribution in [2.24, 2.45) is 5.73 Å². The molecule has 1 aromatic rings. The molecule has 2 rings (SSSR count). The van der Waals surface area contributed by atoms with Gasteiger partial charge in [-0.25, -0.2) is 21.2 Å². The summed E-state index contributed by atoms with van der Waals surface area (Å²) in [6, 6.07) is 3.68. The van der Waals surface area contributed by atoms with Gasteiger partial charge < -0.3 is 5.73 Å². The highest BCUT2D eigenvalue weighted by atomic mass is 32.2. The van der Waals surface area contributed by atoms with E-state index in [1.165, 1.54) is 6.07 Å². The van der Waals surface area contributed by atoms with Crippen molar-refractivity contribution >= 4 is 19.9 Å². The molecule has 1 aromatic carbocycles. The van der Waals surface area contributed by atoms with E-state index in [-0.39, 0.29) is 31.1 Å². The molecule has 112 valence electrons. The minimum atomic E-state index is -4.01. The Morgan fingerprint density at radius 3 is 2.35 bits per heavy atom. The van der Waals surface area contributed by atoms with Crippen LogP contribution < -0.4 is 5.73 Å². The van der Waals surface area contributed by atoms with Gasteiger partial charge >= 0.3 is 0 Å². The van der Waals surface area contributed by atoms with E-state index in [0.717, 1.165) is 16.4 Å². The van der Waals surface area contributed by atoms with E-state index in [2.05, 4.69) is 0 Å². The normalized spacial score (nSPS) is 19.9. The fourth-order valence-electron chi connectivity index (χ4n) is 1.96. The van der Waals surface area contributed by atoms with Crippen LogP contribution in [-0.2, 0) is 26.4 Å². The third-order valence-corrected chi connectivity index (χ3v) is 6.69. The monoisotopic (exact) mass is 322 g/mol. The van der Waals surface area contributed by atoms with Crippen LogP contribution in [0.3, 0.4) is 0 Å². The smallest absolute Gasteiger partial charge is 0.246 e. The summed E-state index contributed by atoms with van der Waals surface area (Å²) in [5.41, 5.74) is 5.85. The predicted octanol–water partition coefficient (Wildman–Crippen LogP) is -0.296. The van der Waals surface area contributed by atoms with Crippen molar-refractivity contribution < 1.29 is 21.2 Å². The second-order valence-electron chi connectivity index (χ2n) is 4.52. The zero-order valence-electron chi connectivity index (χ0n) is 10.6. The molecular weight excluding hydrogens is 307 g/mol. The first-order valence-electron chi connectivity index (χ1n) is 5.95. The zero-order valence-corrected chi connectivity index (χ0v) is 12.3. The maximum atomic E-state index is 13.9. The molecule has 9 heteroatoms. The Kier molecular flexibility index (Phi) is 4.14. The number of hydrogen-bond acceptors (Lipinski definition) is 5. The molecule has 0 radical (unpaired) electrons. The second-order valence-corrected chi connectivity index (χ2v) is 8.73. The molecule has 0 unspecified atom stereocenters. The van der Waals surface area contributed by atoms with Crippen LogP contribution in [0, 0.1) is 5.82 Å². The third kappa shape index (κ3) is 3.00. The summed E-state index contributed by atoms with van der Waals surface area (Å²) in [7, 11) is -7.21. The number of halogens is 1. The Hall–Kier alpha value is -1.03. The van der Waals surface area contributed by atoms with Crippen LogP contribution in [-0.4, -0.2) is 45.7 Å². The molecule has 20 heavy (non-hydrogen) atoms. The van der Waals surface area contributed by atoms with E-state index >= 15 is 0 Å². The van der Waals surface area contributed by atoms with E-state index in [1.54, 1.807) is 0 Å². The van der Waals surface area contributed by atoms with Crippen molar-refractivity contribution in [3.05, 3.63) is 29.6 Å². The van der Waals surface area contributed by atoms with Crippen LogP contribution in [0.25, 0.3) is 0 Å². The lowest BCUT2D eigenvalue weighted by Gasteiger charge is -2.26. The van der Waals surface area contributed by atoms with Gasteiger partial charge in [0.05, 0.1) is 11.5 Å². The highest BCUT2D eigenvalue weighted by molar-refractivity contribution is 7.92. The Bertz CT molecular complexity index is 702. The van der Waals surface area contributed by atoms with Crippen LogP contribution in [0.15, 0.2) is 23.1 Å². The summed E-state index contributed by atoms with van der Waals surface area (Å²) < 4.78 is 62.0. The van der Waals surface area contributed by atoms with Crippen molar-refractivity contribution in [1.82, 2.24) is 4.31 Å². The molecule has 1 saturated heterocycles. The molecule has 0 spiro atoms. The maximum absolute atomic E-state index is 13.9. The average molecular weight is 322 g/mol. The van der Waals surface area contributed by atoms with Crippen molar-refractivity contribution in [3.63, 3.8) is 0 Å². The molecule has 0 amide bonds. The highest BCUT2D eigenvalue weighted by Crippen LogP contribution is 2.22. The molecule has 0 bridgehead atoms. The fourth-order valence-corrected chi connectivity index (χ4v) is 4.87. The van der Waals surface area contributed by atoms with Gasteiger partial charge in [-0.2, -0.15) is 4.31 Å². The van der Waals surface area contributed by atoms with Gasteiger partial charge in [-0.1, -0.05) is 6.07 Å². The highest BCUT2D eigenvalue weighted by Gasteiger charge is 2.32. The summed E-state index contributed by atoms with van der Waals surface area (Å²) in [6.07, 6.45) is 0. The van der Waals surface area contributed by atoms with E-state index in [1.807, 2.05) is 0 Å². The molecule has 1 aliphatic rings. The lowest BCUT2D eigenvalue weighted by molar-refractivity contribution is 0.426. The number of sulfone groups is 1. The minimum Gasteiger partial charge on any atom is -0.326 e. The van der Waals surface area contributed by atoms with E-state index in [9.17, 15) is 21.2 Å². The number of sulfonamides is 1. The molecule has 0 aromatic heterocycles. The number of benzene rings is 1. The van der Waals surface area contributed by atoms with Crippen LogP contribution in [0.5, 0.6) is 0 Å². The molecule has 0 aliphatic carbocycles. The molecule has 1 aliphatic heterocycles. The Balaban J connectivity index is 2.32. The third-order valence-electron chi connectivity index (χ3n) is 3.15. The first-order chi connectivity index (χ1) is 9.26.